The summed E-state index contributed by atoms with van der Waals surface area (Å²) in [5.41, 5.74) is 16.5. The number of anilines is 6. The lowest BCUT2D eigenvalue weighted by Gasteiger charge is -2.44. The van der Waals surface area contributed by atoms with Crippen molar-refractivity contribution in [3.8, 4) is 0 Å². The van der Waals surface area contributed by atoms with Gasteiger partial charge in [-0.2, -0.15) is 0 Å². The van der Waals surface area contributed by atoms with Gasteiger partial charge in [0.15, 0.2) is 0 Å². The molecule has 0 fully saturated rings. The normalized spacial score (nSPS) is 17.3. The predicted molar refractivity (Wildman–Crippen MR) is 233 cm³/mol. The van der Waals surface area contributed by atoms with Crippen LogP contribution >= 0.6 is 0 Å². The van der Waals surface area contributed by atoms with Crippen LogP contribution in [0, 0.1) is 6.92 Å². The first-order valence-electron chi connectivity index (χ1n) is 19.9. The third-order valence-corrected chi connectivity index (χ3v) is 14.6. The van der Waals surface area contributed by atoms with Gasteiger partial charge in [-0.25, -0.2) is 0 Å². The van der Waals surface area contributed by atoms with Gasteiger partial charge in [-0.05, 0) is 106 Å². The lowest BCUT2D eigenvalue weighted by molar-refractivity contribution is 0.282. The van der Waals surface area contributed by atoms with Crippen LogP contribution in [0.4, 0.5) is 34.1 Å². The summed E-state index contributed by atoms with van der Waals surface area (Å²) in [7, 11) is -1.47. The smallest absolute Gasteiger partial charge is 0.297 e. The molecule has 5 aromatic rings. The van der Waals surface area contributed by atoms with Crippen molar-refractivity contribution in [1.29, 1.82) is 0 Å². The Morgan fingerprint density at radius 2 is 1.17 bits per heavy atom. The van der Waals surface area contributed by atoms with Gasteiger partial charge in [-0.3, -0.25) is 0 Å². The van der Waals surface area contributed by atoms with E-state index in [1.165, 1.54) is 78.3 Å². The molecule has 0 amide bonds. The molecule has 1 aliphatic carbocycles. The Kier molecular flexibility index (Phi) is 7.84. The first-order valence-corrected chi connectivity index (χ1v) is 23.4. The molecule has 0 spiro atoms. The molecule has 1 aromatic heterocycles. The van der Waals surface area contributed by atoms with E-state index in [0.29, 0.717) is 0 Å². The Bertz CT molecular complexity index is 2260. The number of aryl methyl sites for hydroxylation is 1. The molecule has 0 saturated carbocycles. The Labute approximate surface area is 320 Å². The molecule has 3 heterocycles. The lowest BCUT2D eigenvalue weighted by atomic mass is 9.35. The number of hydrogen-bond donors (Lipinski definition) is 0. The van der Waals surface area contributed by atoms with Crippen LogP contribution in [0.3, 0.4) is 0 Å². The second-order valence-electron chi connectivity index (χ2n) is 20.7. The van der Waals surface area contributed by atoms with Gasteiger partial charge in [0.25, 0.3) is 6.71 Å². The summed E-state index contributed by atoms with van der Waals surface area (Å²) in [6.07, 6.45) is 2.23. The molecule has 5 heteroatoms. The fourth-order valence-electron chi connectivity index (χ4n) is 9.15. The summed E-state index contributed by atoms with van der Waals surface area (Å²) in [6, 6.07) is 31.0. The molecule has 0 saturated heterocycles. The number of hydrogen-bond acceptors (Lipinski definition) is 3. The first-order chi connectivity index (χ1) is 24.6. The van der Waals surface area contributed by atoms with Gasteiger partial charge in [0.2, 0.25) is 0 Å². The van der Waals surface area contributed by atoms with Crippen molar-refractivity contribution in [2.24, 2.45) is 0 Å². The minimum atomic E-state index is -1.47. The van der Waals surface area contributed by atoms with Crippen LogP contribution in [0.1, 0.15) is 110 Å². The first kappa shape index (κ1) is 36.0. The predicted octanol–water partition coefficient (Wildman–Crippen LogP) is 11.2. The number of nitrogens with zero attached hydrogens (tertiary/aromatic N) is 2. The Balaban J connectivity index is 1.49. The molecule has 0 atom stereocenters. The van der Waals surface area contributed by atoms with Crippen LogP contribution in [0.5, 0.6) is 0 Å². The maximum absolute atomic E-state index is 7.51. The van der Waals surface area contributed by atoms with Crippen LogP contribution in [0.25, 0.3) is 0 Å². The third kappa shape index (κ3) is 5.67. The second-order valence-corrected chi connectivity index (χ2v) is 25.8. The zero-order valence-electron chi connectivity index (χ0n) is 34.8. The van der Waals surface area contributed by atoms with Crippen LogP contribution in [-0.4, -0.2) is 14.8 Å². The molecule has 8 rings (SSSR count). The molecule has 53 heavy (non-hydrogen) atoms. The summed E-state index contributed by atoms with van der Waals surface area (Å²) in [5, 5.41) is 1.48. The molecule has 3 nitrogen and oxygen atoms in total. The minimum Gasteiger partial charge on any atom is -0.472 e. The summed E-state index contributed by atoms with van der Waals surface area (Å²) in [6.45, 7) is 33.1. The second kappa shape index (κ2) is 11.5. The zero-order chi connectivity index (χ0) is 38.2. The van der Waals surface area contributed by atoms with E-state index in [9.17, 15) is 0 Å². The molecule has 0 bridgehead atoms. The van der Waals surface area contributed by atoms with Gasteiger partial charge >= 0.3 is 0 Å². The maximum atomic E-state index is 7.51. The Morgan fingerprint density at radius 1 is 0.642 bits per heavy atom. The molecule has 0 unspecified atom stereocenters. The van der Waals surface area contributed by atoms with E-state index in [1.807, 2.05) is 0 Å². The van der Waals surface area contributed by atoms with Crippen molar-refractivity contribution in [2.75, 3.05) is 9.80 Å². The highest BCUT2D eigenvalue weighted by molar-refractivity contribution is 6.99. The van der Waals surface area contributed by atoms with E-state index in [2.05, 4.69) is 184 Å². The number of rotatable bonds is 3. The molecule has 274 valence electrons. The summed E-state index contributed by atoms with van der Waals surface area (Å²) in [4.78, 5) is 5.13. The van der Waals surface area contributed by atoms with Crippen molar-refractivity contribution in [2.45, 2.75) is 130 Å². The van der Waals surface area contributed by atoms with E-state index in [1.54, 1.807) is 0 Å². The van der Waals surface area contributed by atoms with Gasteiger partial charge in [0, 0.05) is 39.4 Å². The van der Waals surface area contributed by atoms with E-state index in [4.69, 9.17) is 4.42 Å². The monoisotopic (exact) mass is 718 g/mol. The maximum Gasteiger partial charge on any atom is 0.297 e. The average Bonchev–Trinajstić information content (AvgIpc) is 3.48. The van der Waals surface area contributed by atoms with Crippen molar-refractivity contribution in [3.63, 3.8) is 0 Å². The van der Waals surface area contributed by atoms with Gasteiger partial charge in [0.05, 0.1) is 19.4 Å². The standard InChI is InChI=1S/C48H59BN2OSi/c1-30-27-38-41-39(28-30)51(34-18-15-31(16-19-34)45(2,3)4)42-40-43(48(10,11)26-25-47(40,8)9)52-44(42)49(41)36-29-32(46(5,6)7)17-24-37(36)50(38)33-20-22-35(23-21-33)53(12,13)14/h15-24,27-29H,25-26H2,1-14H3. The van der Waals surface area contributed by atoms with Crippen molar-refractivity contribution in [1.82, 2.24) is 0 Å². The average molecular weight is 719 g/mol. The quantitative estimate of drug-likeness (QED) is 0.170. The summed E-state index contributed by atoms with van der Waals surface area (Å²) in [5.74, 6) is 1.17. The highest BCUT2D eigenvalue weighted by Crippen LogP contribution is 2.54. The van der Waals surface area contributed by atoms with Crippen LogP contribution in [0.2, 0.25) is 19.6 Å². The highest BCUT2D eigenvalue weighted by atomic mass is 28.3. The topological polar surface area (TPSA) is 19.6 Å². The summed E-state index contributed by atoms with van der Waals surface area (Å²) < 4.78 is 7.51. The summed E-state index contributed by atoms with van der Waals surface area (Å²) >= 11 is 0. The Morgan fingerprint density at radius 3 is 1.75 bits per heavy atom. The minimum absolute atomic E-state index is 0.0000547. The van der Waals surface area contributed by atoms with Crippen molar-refractivity contribution in [3.05, 3.63) is 107 Å². The molecule has 0 radical (unpaired) electrons. The molecular formula is C48H59BN2OSi. The van der Waals surface area contributed by atoms with Crippen molar-refractivity contribution < 1.29 is 4.42 Å². The van der Waals surface area contributed by atoms with Crippen molar-refractivity contribution >= 4 is 70.7 Å². The molecule has 0 N–H and O–H groups in total. The van der Waals surface area contributed by atoms with E-state index >= 15 is 0 Å². The van der Waals surface area contributed by atoms with E-state index in [-0.39, 0.29) is 28.4 Å². The van der Waals surface area contributed by atoms with Gasteiger partial charge in [-0.1, -0.05) is 130 Å². The largest absolute Gasteiger partial charge is 0.472 e. The van der Waals surface area contributed by atoms with Gasteiger partial charge < -0.3 is 14.2 Å². The molecule has 2 aliphatic heterocycles. The number of benzene rings is 4. The number of fused-ring (bicyclic) bond motifs is 6. The van der Waals surface area contributed by atoms with Gasteiger partial charge in [0.1, 0.15) is 5.76 Å². The van der Waals surface area contributed by atoms with Gasteiger partial charge in [-0.15, -0.1) is 0 Å². The molecule has 4 aromatic carbocycles. The lowest BCUT2D eigenvalue weighted by Crippen LogP contribution is -2.61. The molecule has 3 aliphatic rings. The van der Waals surface area contributed by atoms with E-state index in [0.717, 1.165) is 18.5 Å². The van der Waals surface area contributed by atoms with E-state index < -0.39 is 8.07 Å². The third-order valence-electron chi connectivity index (χ3n) is 12.5. The fraction of sp³-hybridized carbons (Fsp3) is 0.417. The van der Waals surface area contributed by atoms with Crippen LogP contribution in [0.15, 0.2) is 83.3 Å². The number of furan rings is 1. The highest BCUT2D eigenvalue weighted by Gasteiger charge is 2.52. The Hall–Kier alpha value is -3.96. The fourth-order valence-corrected chi connectivity index (χ4v) is 10.3. The zero-order valence-corrected chi connectivity index (χ0v) is 35.8. The molecular weight excluding hydrogens is 659 g/mol. The SMILES string of the molecule is Cc1cc2c3c(c1)N(c1ccc(C(C)(C)C)cc1)c1c(oc4c1C(C)(C)CCC4(C)C)B3c1cc(C(C)(C)C)ccc1N2c1ccc([Si](C)(C)C)cc1. The van der Waals surface area contributed by atoms with Crippen LogP contribution in [-0.2, 0) is 21.7 Å². The van der Waals surface area contributed by atoms with Crippen LogP contribution < -0.4 is 31.6 Å².